The molecule has 0 radical (unpaired) electrons. The number of hydrogen-bond donors (Lipinski definition) is 2. The fraction of sp³-hybridized carbons (Fsp3) is 0.333. The number of nitrogens with one attached hydrogen (secondary N) is 1. The molecule has 0 unspecified atom stereocenters. The van der Waals surface area contributed by atoms with Crippen LogP contribution in [0, 0.1) is 0 Å². The van der Waals surface area contributed by atoms with Crippen molar-refractivity contribution in [1.29, 1.82) is 0 Å². The van der Waals surface area contributed by atoms with E-state index in [2.05, 4.69) is 4.98 Å². The van der Waals surface area contributed by atoms with Gasteiger partial charge in [-0.3, -0.25) is 10.0 Å². The summed E-state index contributed by atoms with van der Waals surface area (Å²) in [7, 11) is -2.36. The summed E-state index contributed by atoms with van der Waals surface area (Å²) in [5.74, 6) is -0.394. The number of amides is 1. The van der Waals surface area contributed by atoms with E-state index >= 15 is 0 Å². The number of aromatic nitrogens is 1. The van der Waals surface area contributed by atoms with Gasteiger partial charge in [-0.2, -0.15) is 4.31 Å². The zero-order chi connectivity index (χ0) is 19.6. The van der Waals surface area contributed by atoms with Crippen molar-refractivity contribution in [2.45, 2.75) is 4.90 Å². The Morgan fingerprint density at radius 1 is 1.33 bits per heavy atom. The van der Waals surface area contributed by atoms with Crippen LogP contribution in [-0.4, -0.2) is 62.1 Å². The molecule has 1 saturated heterocycles. The van der Waals surface area contributed by atoms with E-state index in [1.54, 1.807) is 11.5 Å². The van der Waals surface area contributed by atoms with E-state index in [0.29, 0.717) is 23.2 Å². The topological polar surface area (TPSA) is 112 Å². The summed E-state index contributed by atoms with van der Waals surface area (Å²) in [6.45, 7) is 1.32. The lowest BCUT2D eigenvalue weighted by molar-refractivity contribution is 0.0710. The number of carbonyl (C=O) groups excluding carboxylic acids is 1. The van der Waals surface area contributed by atoms with Crippen LogP contribution in [0.2, 0.25) is 5.02 Å². The van der Waals surface area contributed by atoms with Crippen molar-refractivity contribution in [3.8, 4) is 5.75 Å². The number of piperazine rings is 1. The molecule has 1 aromatic carbocycles. The number of sulfonamides is 1. The molecule has 0 spiro atoms. The number of thiazole rings is 1. The second-order valence-corrected chi connectivity index (χ2v) is 8.99. The van der Waals surface area contributed by atoms with Gasteiger partial charge in [0.05, 0.1) is 13.3 Å². The van der Waals surface area contributed by atoms with Crippen molar-refractivity contribution < 1.29 is 23.2 Å². The SMILES string of the molecule is COc1ccc(Cl)cc1S(=O)(=O)N1CCN(c2ncc(C(=O)NO)s2)CC1. The third-order valence-electron chi connectivity index (χ3n) is 4.07. The highest BCUT2D eigenvalue weighted by Gasteiger charge is 2.32. The third-order valence-corrected chi connectivity index (χ3v) is 7.28. The van der Waals surface area contributed by atoms with Gasteiger partial charge in [-0.15, -0.1) is 0 Å². The Morgan fingerprint density at radius 2 is 2.04 bits per heavy atom. The van der Waals surface area contributed by atoms with E-state index in [1.807, 2.05) is 4.90 Å². The van der Waals surface area contributed by atoms with Crippen LogP contribution in [-0.2, 0) is 10.0 Å². The minimum Gasteiger partial charge on any atom is -0.495 e. The highest BCUT2D eigenvalue weighted by Crippen LogP contribution is 2.31. The van der Waals surface area contributed by atoms with Crippen LogP contribution in [0.25, 0.3) is 0 Å². The number of halogens is 1. The first-order valence-corrected chi connectivity index (χ1v) is 10.5. The van der Waals surface area contributed by atoms with E-state index in [-0.39, 0.29) is 28.6 Å². The molecule has 1 aromatic heterocycles. The number of methoxy groups -OCH3 is 1. The predicted octanol–water partition coefficient (Wildman–Crippen LogP) is 1.44. The molecule has 0 atom stereocenters. The van der Waals surface area contributed by atoms with Gasteiger partial charge in [0.15, 0.2) is 5.13 Å². The maximum Gasteiger partial charge on any atom is 0.286 e. The first-order valence-electron chi connectivity index (χ1n) is 7.85. The Morgan fingerprint density at radius 3 is 2.67 bits per heavy atom. The number of ether oxygens (including phenoxy) is 1. The average Bonchev–Trinajstić information content (AvgIpc) is 3.17. The van der Waals surface area contributed by atoms with Gasteiger partial charge < -0.3 is 9.64 Å². The second kappa shape index (κ2) is 7.98. The Labute approximate surface area is 165 Å². The molecule has 1 fully saturated rings. The van der Waals surface area contributed by atoms with Gasteiger partial charge in [0.2, 0.25) is 10.0 Å². The minimum atomic E-state index is -3.76. The molecule has 12 heteroatoms. The monoisotopic (exact) mass is 432 g/mol. The van der Waals surface area contributed by atoms with Crippen LogP contribution in [0.5, 0.6) is 5.75 Å². The summed E-state index contributed by atoms with van der Waals surface area (Å²) in [5, 5.41) is 9.57. The smallest absolute Gasteiger partial charge is 0.286 e. The van der Waals surface area contributed by atoms with Gasteiger partial charge in [-0.25, -0.2) is 18.9 Å². The zero-order valence-electron chi connectivity index (χ0n) is 14.3. The Hall–Kier alpha value is -1.92. The highest BCUT2D eigenvalue weighted by atomic mass is 35.5. The molecular weight excluding hydrogens is 416 g/mol. The summed E-state index contributed by atoms with van der Waals surface area (Å²) in [5.41, 5.74) is 1.56. The number of hydrogen-bond acceptors (Lipinski definition) is 8. The molecule has 1 aliphatic heterocycles. The number of anilines is 1. The fourth-order valence-electron chi connectivity index (χ4n) is 2.68. The summed E-state index contributed by atoms with van der Waals surface area (Å²) >= 11 is 7.08. The summed E-state index contributed by atoms with van der Waals surface area (Å²) in [6, 6.07) is 4.47. The molecule has 0 saturated carbocycles. The maximum atomic E-state index is 13.0. The lowest BCUT2D eigenvalue weighted by Crippen LogP contribution is -2.48. The summed E-state index contributed by atoms with van der Waals surface area (Å²) in [6.07, 6.45) is 1.37. The largest absolute Gasteiger partial charge is 0.495 e. The van der Waals surface area contributed by atoms with Gasteiger partial charge >= 0.3 is 0 Å². The van der Waals surface area contributed by atoms with Crippen molar-refractivity contribution in [2.24, 2.45) is 0 Å². The van der Waals surface area contributed by atoms with Crippen LogP contribution in [0.15, 0.2) is 29.3 Å². The van der Waals surface area contributed by atoms with E-state index in [1.165, 1.54) is 29.7 Å². The molecule has 3 rings (SSSR count). The number of nitrogens with zero attached hydrogens (tertiary/aromatic N) is 3. The number of carbonyl (C=O) groups is 1. The molecule has 2 N–H and O–H groups in total. The summed E-state index contributed by atoms with van der Waals surface area (Å²) in [4.78, 5) is 17.8. The molecular formula is C15H17ClN4O5S2. The molecule has 2 heterocycles. The van der Waals surface area contributed by atoms with Crippen molar-refractivity contribution in [2.75, 3.05) is 38.2 Å². The minimum absolute atomic E-state index is 0.0297. The van der Waals surface area contributed by atoms with Gasteiger partial charge in [0, 0.05) is 31.2 Å². The lowest BCUT2D eigenvalue weighted by atomic mass is 10.3. The zero-order valence-corrected chi connectivity index (χ0v) is 16.6. The van der Waals surface area contributed by atoms with Gasteiger partial charge in [-0.1, -0.05) is 22.9 Å². The highest BCUT2D eigenvalue weighted by molar-refractivity contribution is 7.89. The van der Waals surface area contributed by atoms with Crippen molar-refractivity contribution in [3.63, 3.8) is 0 Å². The fourth-order valence-corrected chi connectivity index (χ4v) is 5.38. The molecule has 0 bridgehead atoms. The van der Waals surface area contributed by atoms with Gasteiger partial charge in [0.25, 0.3) is 5.91 Å². The maximum absolute atomic E-state index is 13.0. The molecule has 146 valence electrons. The Kier molecular flexibility index (Phi) is 5.86. The number of rotatable bonds is 5. The first kappa shape index (κ1) is 19.8. The van der Waals surface area contributed by atoms with Crippen molar-refractivity contribution in [1.82, 2.24) is 14.8 Å². The summed E-state index contributed by atoms with van der Waals surface area (Å²) < 4.78 is 32.5. The molecule has 1 amide bonds. The Bertz CT molecular complexity index is 941. The standard InChI is InChI=1S/C15H17ClN4O5S2/c1-25-11-3-2-10(16)8-13(11)27(23,24)20-6-4-19(5-7-20)15-17-9-12(26-15)14(21)18-22/h2-3,8-9,22H,4-7H2,1H3,(H,18,21). The van der Waals surface area contributed by atoms with Gasteiger partial charge in [0.1, 0.15) is 15.5 Å². The number of benzene rings is 1. The van der Waals surface area contributed by atoms with Crippen molar-refractivity contribution in [3.05, 3.63) is 34.3 Å². The molecule has 9 nitrogen and oxygen atoms in total. The van der Waals surface area contributed by atoms with Gasteiger partial charge in [-0.05, 0) is 18.2 Å². The third kappa shape index (κ3) is 4.01. The Balaban J connectivity index is 1.74. The van der Waals surface area contributed by atoms with Crippen LogP contribution < -0.4 is 15.1 Å². The van der Waals surface area contributed by atoms with Crippen LogP contribution >= 0.6 is 22.9 Å². The quantitative estimate of drug-likeness (QED) is 0.543. The lowest BCUT2D eigenvalue weighted by Gasteiger charge is -2.34. The second-order valence-electron chi connectivity index (χ2n) is 5.63. The van der Waals surface area contributed by atoms with Crippen molar-refractivity contribution >= 4 is 44.0 Å². The van der Waals surface area contributed by atoms with E-state index in [4.69, 9.17) is 21.5 Å². The molecule has 0 aliphatic carbocycles. The first-order chi connectivity index (χ1) is 12.9. The van der Waals surface area contributed by atoms with Crippen LogP contribution in [0.4, 0.5) is 5.13 Å². The predicted molar refractivity (Wildman–Crippen MR) is 100 cm³/mol. The van der Waals surface area contributed by atoms with E-state index in [9.17, 15) is 13.2 Å². The molecule has 27 heavy (non-hydrogen) atoms. The van der Waals surface area contributed by atoms with E-state index in [0.717, 1.165) is 11.3 Å². The average molecular weight is 433 g/mol. The molecule has 2 aromatic rings. The van der Waals surface area contributed by atoms with E-state index < -0.39 is 15.9 Å². The van der Waals surface area contributed by atoms with Crippen LogP contribution in [0.3, 0.4) is 0 Å². The van der Waals surface area contributed by atoms with Crippen LogP contribution in [0.1, 0.15) is 9.67 Å². The molecule has 1 aliphatic rings. The normalized spacial score (nSPS) is 15.6. The number of hydroxylamine groups is 1.